The van der Waals surface area contributed by atoms with Gasteiger partial charge in [0.05, 0.1) is 11.4 Å². The molecule has 0 saturated carbocycles. The summed E-state index contributed by atoms with van der Waals surface area (Å²) in [6.07, 6.45) is 12.5. The molecule has 0 fully saturated rings. The second kappa shape index (κ2) is 17.9. The van der Waals surface area contributed by atoms with Crippen molar-refractivity contribution in [3.63, 3.8) is 0 Å². The second-order valence-corrected chi connectivity index (χ2v) is 8.30. The van der Waals surface area contributed by atoms with E-state index in [1.54, 1.807) is 0 Å². The van der Waals surface area contributed by atoms with E-state index in [0.717, 1.165) is 38.5 Å². The normalized spacial score (nSPS) is 14.2. The van der Waals surface area contributed by atoms with Crippen molar-refractivity contribution in [1.82, 2.24) is 0 Å². The monoisotopic (exact) mass is 388 g/mol. The van der Waals surface area contributed by atoms with Crippen LogP contribution in [0, 0.1) is 0 Å². The van der Waals surface area contributed by atoms with Gasteiger partial charge in [0.1, 0.15) is 10.1 Å². The molecule has 2 atom stereocenters. The molecule has 0 saturated heterocycles. The van der Waals surface area contributed by atoms with Gasteiger partial charge in [0, 0.05) is 0 Å². The van der Waals surface area contributed by atoms with Crippen molar-refractivity contribution in [2.45, 2.75) is 115 Å². The van der Waals surface area contributed by atoms with Crippen molar-refractivity contribution in [3.05, 3.63) is 0 Å². The molecule has 4 nitrogen and oxygen atoms in total. The van der Waals surface area contributed by atoms with E-state index in [0.29, 0.717) is 19.3 Å². The van der Waals surface area contributed by atoms with Gasteiger partial charge in [0.2, 0.25) is 0 Å². The van der Waals surface area contributed by atoms with Gasteiger partial charge >= 0.3 is 51.4 Å². The first-order chi connectivity index (χ1) is 10.9. The fourth-order valence-corrected chi connectivity index (χ4v) is 3.95. The molecule has 0 aliphatic carbocycles. The average molecular weight is 389 g/mol. The summed E-state index contributed by atoms with van der Waals surface area (Å²) in [5.41, 5.74) is 0. The molecule has 2 unspecified atom stereocenters. The van der Waals surface area contributed by atoms with Crippen LogP contribution in [0.3, 0.4) is 0 Å². The summed E-state index contributed by atoms with van der Waals surface area (Å²) in [6, 6.07) is 0. The van der Waals surface area contributed by atoms with Gasteiger partial charge in [0.15, 0.2) is 0 Å². The van der Waals surface area contributed by atoms with Crippen LogP contribution in [-0.2, 0) is 10.1 Å². The minimum absolute atomic E-state index is 0. The van der Waals surface area contributed by atoms with Crippen LogP contribution in [0.25, 0.3) is 0 Å². The quantitative estimate of drug-likeness (QED) is 0.248. The van der Waals surface area contributed by atoms with E-state index >= 15 is 0 Å². The predicted molar refractivity (Wildman–Crippen MR) is 95.5 cm³/mol. The molecule has 0 aliphatic heterocycles. The third-order valence-corrected chi connectivity index (χ3v) is 5.79. The Morgan fingerprint density at radius 1 is 0.750 bits per heavy atom. The summed E-state index contributed by atoms with van der Waals surface area (Å²) >= 11 is 0. The van der Waals surface area contributed by atoms with E-state index < -0.39 is 21.5 Å². The Hall–Kier alpha value is 1.51. The number of rotatable bonds is 16. The van der Waals surface area contributed by atoms with Crippen molar-refractivity contribution < 1.29 is 69.5 Å². The number of hydrogen-bond donors (Lipinski definition) is 1. The third-order valence-electron chi connectivity index (χ3n) is 4.50. The first kappa shape index (κ1) is 27.7. The van der Waals surface area contributed by atoms with Gasteiger partial charge in [-0.3, -0.25) is 0 Å². The molecule has 0 rings (SSSR count). The maximum Gasteiger partial charge on any atom is 1.00 e. The van der Waals surface area contributed by atoms with Crippen LogP contribution in [0.15, 0.2) is 0 Å². The molecule has 0 amide bonds. The van der Waals surface area contributed by atoms with Gasteiger partial charge in [-0.25, -0.2) is 8.42 Å². The summed E-state index contributed by atoms with van der Waals surface area (Å²) < 4.78 is 34.2. The van der Waals surface area contributed by atoms with Gasteiger partial charge in [-0.15, -0.1) is 0 Å². The zero-order chi connectivity index (χ0) is 17.6. The summed E-state index contributed by atoms with van der Waals surface area (Å²) in [5.74, 6) is 0. The Balaban J connectivity index is 0. The summed E-state index contributed by atoms with van der Waals surface area (Å²) in [7, 11) is -4.41. The SMILES string of the molecule is CCCCCCCCC(O)C(CCCCCCCC)S(=O)(=O)[O-].[K+]. The van der Waals surface area contributed by atoms with Crippen molar-refractivity contribution in [3.8, 4) is 0 Å². The van der Waals surface area contributed by atoms with Gasteiger partial charge in [0.25, 0.3) is 0 Å². The van der Waals surface area contributed by atoms with Crippen molar-refractivity contribution >= 4 is 10.1 Å². The van der Waals surface area contributed by atoms with E-state index in [1.165, 1.54) is 32.1 Å². The summed E-state index contributed by atoms with van der Waals surface area (Å²) in [5, 5.41) is 8.99. The molecule has 0 heterocycles. The van der Waals surface area contributed by atoms with Crippen molar-refractivity contribution in [2.24, 2.45) is 0 Å². The molecule has 0 radical (unpaired) electrons. The third kappa shape index (κ3) is 15.7. The average Bonchev–Trinajstić information content (AvgIpc) is 2.48. The largest absolute Gasteiger partial charge is 1.00 e. The molecular weight excluding hydrogens is 351 g/mol. The van der Waals surface area contributed by atoms with Crippen molar-refractivity contribution in [1.29, 1.82) is 0 Å². The van der Waals surface area contributed by atoms with E-state index in [9.17, 15) is 18.1 Å². The smallest absolute Gasteiger partial charge is 0.748 e. The van der Waals surface area contributed by atoms with Crippen LogP contribution < -0.4 is 51.4 Å². The fourth-order valence-electron chi connectivity index (χ4n) is 2.97. The van der Waals surface area contributed by atoms with E-state index in [2.05, 4.69) is 13.8 Å². The predicted octanol–water partition coefficient (Wildman–Crippen LogP) is 1.77. The van der Waals surface area contributed by atoms with Crippen LogP contribution in [0.2, 0.25) is 0 Å². The summed E-state index contributed by atoms with van der Waals surface area (Å²) in [6.45, 7) is 4.31. The molecular formula is C18H37KO4S. The van der Waals surface area contributed by atoms with Gasteiger partial charge in [-0.1, -0.05) is 90.9 Å². The number of aliphatic hydroxyl groups is 1. The van der Waals surface area contributed by atoms with Crippen LogP contribution in [-0.4, -0.2) is 29.4 Å². The minimum atomic E-state index is -4.41. The Bertz CT molecular complexity index is 360. The molecule has 0 aromatic carbocycles. The van der Waals surface area contributed by atoms with E-state index in [4.69, 9.17) is 0 Å². The molecule has 0 aliphatic rings. The Morgan fingerprint density at radius 3 is 1.54 bits per heavy atom. The molecule has 0 aromatic rings. The van der Waals surface area contributed by atoms with E-state index in [-0.39, 0.29) is 51.4 Å². The first-order valence-electron chi connectivity index (χ1n) is 9.56. The van der Waals surface area contributed by atoms with Gasteiger partial charge in [-0.2, -0.15) is 0 Å². The topological polar surface area (TPSA) is 77.4 Å². The van der Waals surface area contributed by atoms with Crippen LogP contribution >= 0.6 is 0 Å². The Kier molecular flexibility index (Phi) is 20.7. The molecule has 140 valence electrons. The minimum Gasteiger partial charge on any atom is -0.748 e. The Morgan fingerprint density at radius 2 is 1.12 bits per heavy atom. The standard InChI is InChI=1S/C18H38O4S.K/c1-3-5-7-9-11-13-15-17(19)18(23(20,21)22)16-14-12-10-8-6-4-2;/h17-19H,3-16H2,1-2H3,(H,20,21,22);/q;+1/p-1. The van der Waals surface area contributed by atoms with Gasteiger partial charge < -0.3 is 9.66 Å². The molecule has 1 N–H and O–H groups in total. The van der Waals surface area contributed by atoms with E-state index in [1.807, 2.05) is 0 Å². The number of hydrogen-bond acceptors (Lipinski definition) is 4. The molecule has 0 bridgehead atoms. The van der Waals surface area contributed by atoms with Crippen LogP contribution in [0.4, 0.5) is 0 Å². The van der Waals surface area contributed by atoms with Gasteiger partial charge in [-0.05, 0) is 12.8 Å². The maximum absolute atomic E-state index is 11.4. The first-order valence-corrected chi connectivity index (χ1v) is 11.0. The number of unbranched alkanes of at least 4 members (excludes halogenated alkanes) is 10. The molecule has 0 spiro atoms. The maximum atomic E-state index is 11.4. The molecule has 0 aromatic heterocycles. The zero-order valence-electron chi connectivity index (χ0n) is 16.1. The van der Waals surface area contributed by atoms with Crippen LogP contribution in [0.5, 0.6) is 0 Å². The number of aliphatic hydroxyl groups excluding tert-OH is 1. The zero-order valence-corrected chi connectivity index (χ0v) is 20.1. The van der Waals surface area contributed by atoms with Crippen molar-refractivity contribution in [2.75, 3.05) is 0 Å². The summed E-state index contributed by atoms with van der Waals surface area (Å²) in [4.78, 5) is 0. The fraction of sp³-hybridized carbons (Fsp3) is 1.00. The Labute approximate surface area is 192 Å². The second-order valence-electron chi connectivity index (χ2n) is 6.71. The molecule has 6 heteroatoms. The molecule has 24 heavy (non-hydrogen) atoms. The van der Waals surface area contributed by atoms with Crippen LogP contribution in [0.1, 0.15) is 104 Å².